The molecule has 19 heavy (non-hydrogen) atoms. The molecule has 1 aliphatic rings. The van der Waals surface area contributed by atoms with Crippen molar-refractivity contribution in [3.05, 3.63) is 35.6 Å². The molecule has 1 aromatic rings. The van der Waals surface area contributed by atoms with E-state index in [9.17, 15) is 14.3 Å². The predicted octanol–water partition coefficient (Wildman–Crippen LogP) is 1.99. The number of carbonyl (C=O) groups is 1. The summed E-state index contributed by atoms with van der Waals surface area (Å²) >= 11 is 0. The number of amides is 1. The lowest BCUT2D eigenvalue weighted by Gasteiger charge is -2.17. The smallest absolute Gasteiger partial charge is 0.222 e. The van der Waals surface area contributed by atoms with Crippen molar-refractivity contribution in [1.82, 2.24) is 4.90 Å². The molecule has 0 saturated carbocycles. The lowest BCUT2D eigenvalue weighted by molar-refractivity contribution is -0.130. The van der Waals surface area contributed by atoms with E-state index in [4.69, 9.17) is 0 Å². The van der Waals surface area contributed by atoms with E-state index in [1.165, 1.54) is 6.07 Å². The van der Waals surface area contributed by atoms with Crippen molar-refractivity contribution in [1.29, 1.82) is 0 Å². The fourth-order valence-electron chi connectivity index (χ4n) is 2.51. The Kier molecular flexibility index (Phi) is 4.53. The minimum absolute atomic E-state index is 0.0476. The maximum atomic E-state index is 13.4. The molecule has 3 nitrogen and oxygen atoms in total. The third-order valence-electron chi connectivity index (χ3n) is 3.83. The average molecular weight is 265 g/mol. The van der Waals surface area contributed by atoms with Crippen LogP contribution in [0.5, 0.6) is 0 Å². The topological polar surface area (TPSA) is 40.5 Å². The number of likely N-dealkylation sites (tertiary alicyclic amines) is 1. The van der Waals surface area contributed by atoms with Crippen LogP contribution >= 0.6 is 0 Å². The predicted molar refractivity (Wildman–Crippen MR) is 71.1 cm³/mol. The van der Waals surface area contributed by atoms with Crippen molar-refractivity contribution >= 4 is 5.91 Å². The van der Waals surface area contributed by atoms with Crippen molar-refractivity contribution in [3.8, 4) is 0 Å². The maximum absolute atomic E-state index is 13.4. The van der Waals surface area contributed by atoms with Gasteiger partial charge in [-0.2, -0.15) is 0 Å². The lowest BCUT2D eigenvalue weighted by atomic mass is 10.0. The molecular weight excluding hydrogens is 245 g/mol. The molecule has 0 aliphatic carbocycles. The van der Waals surface area contributed by atoms with E-state index in [0.29, 0.717) is 31.5 Å². The molecule has 1 saturated heterocycles. The highest BCUT2D eigenvalue weighted by atomic mass is 19.1. The number of carbonyl (C=O) groups excluding carboxylic acids is 1. The van der Waals surface area contributed by atoms with Crippen LogP contribution in [0, 0.1) is 11.7 Å². The summed E-state index contributed by atoms with van der Waals surface area (Å²) in [6.45, 7) is 3.08. The molecule has 1 amide bonds. The van der Waals surface area contributed by atoms with Crippen LogP contribution in [0.4, 0.5) is 4.39 Å². The monoisotopic (exact) mass is 265 g/mol. The lowest BCUT2D eigenvalue weighted by Crippen LogP contribution is -2.30. The van der Waals surface area contributed by atoms with Crippen molar-refractivity contribution in [2.45, 2.75) is 32.3 Å². The Morgan fingerprint density at radius 1 is 1.53 bits per heavy atom. The molecular formula is C15H20FNO2. The first-order chi connectivity index (χ1) is 9.08. The summed E-state index contributed by atoms with van der Waals surface area (Å²) in [5, 5.41) is 9.51. The van der Waals surface area contributed by atoms with E-state index in [1.807, 2.05) is 0 Å². The zero-order chi connectivity index (χ0) is 13.8. The van der Waals surface area contributed by atoms with Gasteiger partial charge in [0.2, 0.25) is 5.91 Å². The Labute approximate surface area is 113 Å². The molecule has 1 aromatic carbocycles. The molecule has 2 atom stereocenters. The first-order valence-corrected chi connectivity index (χ1v) is 6.77. The number of benzene rings is 1. The summed E-state index contributed by atoms with van der Waals surface area (Å²) in [5.41, 5.74) is 0.585. The van der Waals surface area contributed by atoms with Crippen molar-refractivity contribution in [2.75, 3.05) is 13.1 Å². The van der Waals surface area contributed by atoms with Gasteiger partial charge in [-0.3, -0.25) is 4.79 Å². The van der Waals surface area contributed by atoms with E-state index < -0.39 is 0 Å². The Morgan fingerprint density at radius 2 is 2.26 bits per heavy atom. The van der Waals surface area contributed by atoms with Gasteiger partial charge < -0.3 is 10.0 Å². The van der Waals surface area contributed by atoms with Crippen molar-refractivity contribution in [3.63, 3.8) is 0 Å². The summed E-state index contributed by atoms with van der Waals surface area (Å²) in [5.74, 6) is -0.0256. The van der Waals surface area contributed by atoms with Crippen LogP contribution in [0.1, 0.15) is 25.3 Å². The maximum Gasteiger partial charge on any atom is 0.222 e. The van der Waals surface area contributed by atoms with Gasteiger partial charge in [0.15, 0.2) is 0 Å². The van der Waals surface area contributed by atoms with Crippen LogP contribution in [0.2, 0.25) is 0 Å². The molecule has 1 fully saturated rings. The fraction of sp³-hybridized carbons (Fsp3) is 0.533. The van der Waals surface area contributed by atoms with E-state index in [1.54, 1.807) is 30.0 Å². The van der Waals surface area contributed by atoms with E-state index in [-0.39, 0.29) is 23.7 Å². The highest BCUT2D eigenvalue weighted by molar-refractivity contribution is 5.76. The minimum atomic E-state index is -0.371. The molecule has 1 heterocycles. The SMILES string of the molecule is CC(O)C1CCN(C(=O)CCc2ccccc2F)C1. The van der Waals surface area contributed by atoms with Crippen LogP contribution in [-0.2, 0) is 11.2 Å². The quantitative estimate of drug-likeness (QED) is 0.904. The largest absolute Gasteiger partial charge is 0.393 e. The van der Waals surface area contributed by atoms with Crippen LogP contribution < -0.4 is 0 Å². The molecule has 4 heteroatoms. The Bertz CT molecular complexity index is 448. The fourth-order valence-corrected chi connectivity index (χ4v) is 2.51. The number of hydrogen-bond acceptors (Lipinski definition) is 2. The molecule has 2 rings (SSSR count). The van der Waals surface area contributed by atoms with E-state index >= 15 is 0 Å². The van der Waals surface area contributed by atoms with E-state index in [0.717, 1.165) is 6.42 Å². The van der Waals surface area contributed by atoms with Gasteiger partial charge in [0, 0.05) is 25.4 Å². The molecule has 0 aromatic heterocycles. The van der Waals surface area contributed by atoms with Gasteiger partial charge in [-0.1, -0.05) is 18.2 Å². The van der Waals surface area contributed by atoms with Gasteiger partial charge in [0.05, 0.1) is 6.10 Å². The van der Waals surface area contributed by atoms with Crippen LogP contribution in [0.3, 0.4) is 0 Å². The van der Waals surface area contributed by atoms with Gasteiger partial charge in [0.25, 0.3) is 0 Å². The second-order valence-electron chi connectivity index (χ2n) is 5.22. The van der Waals surface area contributed by atoms with Gasteiger partial charge in [-0.15, -0.1) is 0 Å². The molecule has 2 unspecified atom stereocenters. The summed E-state index contributed by atoms with van der Waals surface area (Å²) in [7, 11) is 0. The Balaban J connectivity index is 1.84. The third-order valence-corrected chi connectivity index (χ3v) is 3.83. The molecule has 104 valence electrons. The first-order valence-electron chi connectivity index (χ1n) is 6.77. The molecule has 0 radical (unpaired) electrons. The average Bonchev–Trinajstić information content (AvgIpc) is 2.87. The number of halogens is 1. The van der Waals surface area contributed by atoms with Gasteiger partial charge in [0.1, 0.15) is 5.82 Å². The zero-order valence-electron chi connectivity index (χ0n) is 11.2. The number of nitrogens with zero attached hydrogens (tertiary/aromatic N) is 1. The second kappa shape index (κ2) is 6.15. The second-order valence-corrected chi connectivity index (χ2v) is 5.22. The standard InChI is InChI=1S/C15H20FNO2/c1-11(18)13-8-9-17(10-13)15(19)7-6-12-4-2-3-5-14(12)16/h2-5,11,13,18H,6-10H2,1H3. The molecule has 0 spiro atoms. The van der Waals surface area contributed by atoms with Crippen LogP contribution in [-0.4, -0.2) is 35.1 Å². The molecule has 0 bridgehead atoms. The summed E-state index contributed by atoms with van der Waals surface area (Å²) in [4.78, 5) is 13.8. The number of hydrogen-bond donors (Lipinski definition) is 1. The van der Waals surface area contributed by atoms with Gasteiger partial charge in [-0.05, 0) is 31.4 Å². The molecule has 1 aliphatic heterocycles. The van der Waals surface area contributed by atoms with Gasteiger partial charge in [-0.25, -0.2) is 4.39 Å². The van der Waals surface area contributed by atoms with Gasteiger partial charge >= 0.3 is 0 Å². The van der Waals surface area contributed by atoms with Crippen molar-refractivity contribution < 1.29 is 14.3 Å². The Morgan fingerprint density at radius 3 is 2.89 bits per heavy atom. The van der Waals surface area contributed by atoms with E-state index in [2.05, 4.69) is 0 Å². The zero-order valence-corrected chi connectivity index (χ0v) is 11.2. The summed E-state index contributed by atoms with van der Waals surface area (Å²) < 4.78 is 13.4. The number of rotatable bonds is 4. The minimum Gasteiger partial charge on any atom is -0.393 e. The summed E-state index contributed by atoms with van der Waals surface area (Å²) in [6, 6.07) is 6.56. The number of aliphatic hydroxyl groups excluding tert-OH is 1. The highest BCUT2D eigenvalue weighted by Crippen LogP contribution is 2.20. The van der Waals surface area contributed by atoms with Crippen LogP contribution in [0.25, 0.3) is 0 Å². The number of aryl methyl sites for hydroxylation is 1. The normalized spacial score (nSPS) is 20.6. The highest BCUT2D eigenvalue weighted by Gasteiger charge is 2.28. The molecule has 1 N–H and O–H groups in total. The first kappa shape index (κ1) is 14.0. The number of aliphatic hydroxyl groups is 1. The third kappa shape index (κ3) is 3.53. The van der Waals surface area contributed by atoms with Crippen molar-refractivity contribution in [2.24, 2.45) is 5.92 Å². The Hall–Kier alpha value is -1.42. The van der Waals surface area contributed by atoms with Crippen LogP contribution in [0.15, 0.2) is 24.3 Å². The summed E-state index contributed by atoms with van der Waals surface area (Å²) in [6.07, 6.45) is 1.24.